The second-order valence-electron chi connectivity index (χ2n) is 5.86. The van der Waals surface area contributed by atoms with Gasteiger partial charge in [0.1, 0.15) is 5.75 Å². The molecule has 0 saturated carbocycles. The van der Waals surface area contributed by atoms with Gasteiger partial charge in [-0.05, 0) is 30.5 Å². The van der Waals surface area contributed by atoms with Crippen LogP contribution in [0.3, 0.4) is 0 Å². The number of carbonyl (C=O) groups excluding carboxylic acids is 2. The highest BCUT2D eigenvalue weighted by Gasteiger charge is 2.32. The molecule has 1 heterocycles. The van der Waals surface area contributed by atoms with Crippen molar-refractivity contribution in [2.75, 3.05) is 25.9 Å². The molecule has 0 radical (unpaired) electrons. The van der Waals surface area contributed by atoms with Crippen LogP contribution >= 0.6 is 15.9 Å². The van der Waals surface area contributed by atoms with Crippen molar-refractivity contribution < 1.29 is 18.0 Å². The first kappa shape index (κ1) is 18.9. The maximum absolute atomic E-state index is 12.3. The molecule has 0 spiro atoms. The van der Waals surface area contributed by atoms with Gasteiger partial charge in [0, 0.05) is 24.6 Å². The normalized spacial score (nSPS) is 16.0. The third kappa shape index (κ3) is 5.04. The second kappa shape index (κ2) is 8.11. The first-order valence-electron chi connectivity index (χ1n) is 7.76. The van der Waals surface area contributed by atoms with Gasteiger partial charge in [0.2, 0.25) is 11.8 Å². The number of benzene rings is 1. The van der Waals surface area contributed by atoms with E-state index in [1.807, 2.05) is 24.3 Å². The number of hydrogen-bond acceptors (Lipinski definition) is 4. The number of nitrogens with zero attached hydrogens (tertiary/aromatic N) is 1. The van der Waals surface area contributed by atoms with Crippen molar-refractivity contribution in [1.29, 1.82) is 0 Å². The molecule has 2 amide bonds. The molecule has 1 fully saturated rings. The lowest BCUT2D eigenvalue weighted by molar-refractivity contribution is -0.131. The number of sulfone groups is 1. The van der Waals surface area contributed by atoms with Gasteiger partial charge in [-0.3, -0.25) is 9.59 Å². The zero-order valence-electron chi connectivity index (χ0n) is 13.5. The molecule has 1 N–H and O–H groups in total. The van der Waals surface area contributed by atoms with Gasteiger partial charge < -0.3 is 10.2 Å². The van der Waals surface area contributed by atoms with Crippen LogP contribution in [0.25, 0.3) is 0 Å². The molecule has 6 nitrogen and oxygen atoms in total. The minimum absolute atomic E-state index is 0.000489. The van der Waals surface area contributed by atoms with Crippen molar-refractivity contribution >= 4 is 37.6 Å². The van der Waals surface area contributed by atoms with E-state index in [9.17, 15) is 18.0 Å². The minimum Gasteiger partial charge on any atom is -0.358 e. The van der Waals surface area contributed by atoms with E-state index >= 15 is 0 Å². The summed E-state index contributed by atoms with van der Waals surface area (Å²) in [5.74, 6) is -0.982. The molecule has 2 rings (SSSR count). The van der Waals surface area contributed by atoms with Gasteiger partial charge >= 0.3 is 0 Å². The fraction of sp³-hybridized carbons (Fsp3) is 0.500. The summed E-state index contributed by atoms with van der Waals surface area (Å²) in [6.07, 6.45) is 1.07. The average molecular weight is 417 g/mol. The maximum atomic E-state index is 12.3. The van der Waals surface area contributed by atoms with E-state index in [2.05, 4.69) is 21.2 Å². The monoisotopic (exact) mass is 416 g/mol. The molecule has 0 unspecified atom stereocenters. The molecule has 0 aromatic heterocycles. The zero-order valence-corrected chi connectivity index (χ0v) is 15.9. The summed E-state index contributed by atoms with van der Waals surface area (Å²) < 4.78 is 25.3. The molecule has 8 heteroatoms. The summed E-state index contributed by atoms with van der Waals surface area (Å²) in [6.45, 7) is 0.819. The number of amides is 2. The Kier molecular flexibility index (Phi) is 6.40. The van der Waals surface area contributed by atoms with Crippen LogP contribution in [0.4, 0.5) is 0 Å². The van der Waals surface area contributed by atoms with Gasteiger partial charge in [-0.2, -0.15) is 0 Å². The molecule has 132 valence electrons. The summed E-state index contributed by atoms with van der Waals surface area (Å²) in [4.78, 5) is 25.3. The van der Waals surface area contributed by atoms with Gasteiger partial charge in [-0.1, -0.05) is 28.1 Å². The van der Waals surface area contributed by atoms with Crippen LogP contribution in [0.5, 0.6) is 0 Å². The Hall–Kier alpha value is -1.41. The van der Waals surface area contributed by atoms with E-state index in [-0.39, 0.29) is 5.91 Å². The van der Waals surface area contributed by atoms with Gasteiger partial charge in [-0.25, -0.2) is 8.42 Å². The molecule has 1 aromatic carbocycles. The van der Waals surface area contributed by atoms with Crippen LogP contribution in [0.2, 0.25) is 0 Å². The first-order valence-corrected chi connectivity index (χ1v) is 10.3. The summed E-state index contributed by atoms with van der Waals surface area (Å²) in [5, 5.41) is 1.78. The lowest BCUT2D eigenvalue weighted by atomic mass is 10.1. The predicted molar refractivity (Wildman–Crippen MR) is 95.3 cm³/mol. The minimum atomic E-state index is -3.46. The van der Waals surface area contributed by atoms with E-state index in [1.54, 1.807) is 4.90 Å². The Morgan fingerprint density at radius 2 is 1.79 bits per heavy atom. The zero-order chi connectivity index (χ0) is 17.7. The molecule has 24 heavy (non-hydrogen) atoms. The Morgan fingerprint density at radius 3 is 2.33 bits per heavy atom. The van der Waals surface area contributed by atoms with Crippen molar-refractivity contribution in [3.05, 3.63) is 34.3 Å². The third-order valence-corrected chi connectivity index (χ3v) is 6.86. The number of piperidine rings is 1. The lowest BCUT2D eigenvalue weighted by Gasteiger charge is -2.31. The largest absolute Gasteiger partial charge is 0.358 e. The third-order valence-electron chi connectivity index (χ3n) is 4.18. The molecule has 1 aliphatic heterocycles. The Labute approximate surface area is 150 Å². The Morgan fingerprint density at radius 1 is 1.21 bits per heavy atom. The van der Waals surface area contributed by atoms with Crippen molar-refractivity contribution in [3.63, 3.8) is 0 Å². The fourth-order valence-corrected chi connectivity index (χ4v) is 4.66. The van der Waals surface area contributed by atoms with Crippen LogP contribution < -0.4 is 5.32 Å². The van der Waals surface area contributed by atoms with Crippen LogP contribution in [0, 0.1) is 0 Å². The van der Waals surface area contributed by atoms with Gasteiger partial charge in [0.05, 0.1) is 11.7 Å². The molecule has 0 aliphatic carbocycles. The molecule has 1 aliphatic rings. The van der Waals surface area contributed by atoms with E-state index in [4.69, 9.17) is 0 Å². The number of hydrogen-bond donors (Lipinski definition) is 1. The molecule has 0 atom stereocenters. The van der Waals surface area contributed by atoms with Crippen LogP contribution in [-0.4, -0.2) is 56.3 Å². The highest BCUT2D eigenvalue weighted by molar-refractivity contribution is 9.10. The lowest BCUT2D eigenvalue weighted by Crippen LogP contribution is -2.44. The number of nitrogens with one attached hydrogen (secondary N) is 1. The Balaban J connectivity index is 1.89. The van der Waals surface area contributed by atoms with E-state index in [1.165, 1.54) is 7.05 Å². The van der Waals surface area contributed by atoms with Crippen LogP contribution in [0.1, 0.15) is 18.4 Å². The number of halogens is 1. The molecular weight excluding hydrogens is 396 g/mol. The van der Waals surface area contributed by atoms with Crippen molar-refractivity contribution in [1.82, 2.24) is 10.2 Å². The van der Waals surface area contributed by atoms with Crippen molar-refractivity contribution in [3.8, 4) is 0 Å². The van der Waals surface area contributed by atoms with Gasteiger partial charge in [-0.15, -0.1) is 0 Å². The van der Waals surface area contributed by atoms with Gasteiger partial charge in [0.15, 0.2) is 9.84 Å². The summed E-state index contributed by atoms with van der Waals surface area (Å²) in [6, 6.07) is 7.56. The second-order valence-corrected chi connectivity index (χ2v) is 9.06. The fourth-order valence-electron chi connectivity index (χ4n) is 2.73. The quantitative estimate of drug-likeness (QED) is 0.779. The summed E-state index contributed by atoms with van der Waals surface area (Å²) in [5.41, 5.74) is 0.928. The van der Waals surface area contributed by atoms with Gasteiger partial charge in [0.25, 0.3) is 0 Å². The number of carbonyl (C=O) groups is 2. The highest BCUT2D eigenvalue weighted by atomic mass is 79.9. The summed E-state index contributed by atoms with van der Waals surface area (Å²) in [7, 11) is -2.04. The standard InChI is InChI=1S/C16H21BrN2O4S/c1-18-15(20)11-24(22,23)14-6-8-19(9-7-14)16(21)10-12-2-4-13(17)5-3-12/h2-5,14H,6-11H2,1H3,(H,18,20). The van der Waals surface area contributed by atoms with E-state index in [0.29, 0.717) is 32.4 Å². The maximum Gasteiger partial charge on any atom is 0.234 e. The van der Waals surface area contributed by atoms with E-state index < -0.39 is 26.7 Å². The number of likely N-dealkylation sites (tertiary alicyclic amines) is 1. The number of rotatable bonds is 5. The predicted octanol–water partition coefficient (Wildman–Crippen LogP) is 1.14. The van der Waals surface area contributed by atoms with Crippen LogP contribution in [0.15, 0.2) is 28.7 Å². The van der Waals surface area contributed by atoms with Crippen molar-refractivity contribution in [2.24, 2.45) is 0 Å². The van der Waals surface area contributed by atoms with Crippen molar-refractivity contribution in [2.45, 2.75) is 24.5 Å². The first-order chi connectivity index (χ1) is 11.3. The summed E-state index contributed by atoms with van der Waals surface area (Å²) >= 11 is 3.35. The highest BCUT2D eigenvalue weighted by Crippen LogP contribution is 2.20. The molecule has 1 saturated heterocycles. The topological polar surface area (TPSA) is 83.6 Å². The molecule has 0 bridgehead atoms. The Bertz CT molecular complexity index is 695. The molecular formula is C16H21BrN2O4S. The average Bonchev–Trinajstić information content (AvgIpc) is 2.56. The molecule has 1 aromatic rings. The SMILES string of the molecule is CNC(=O)CS(=O)(=O)C1CCN(C(=O)Cc2ccc(Br)cc2)CC1. The van der Waals surface area contributed by atoms with E-state index in [0.717, 1.165) is 10.0 Å². The smallest absolute Gasteiger partial charge is 0.234 e. The van der Waals surface area contributed by atoms with Crippen LogP contribution in [-0.2, 0) is 25.8 Å².